The Morgan fingerprint density at radius 1 is 1.60 bits per heavy atom. The van der Waals surface area contributed by atoms with Gasteiger partial charge in [0.05, 0.1) is 0 Å². The van der Waals surface area contributed by atoms with Crippen molar-refractivity contribution in [3.63, 3.8) is 0 Å². The van der Waals surface area contributed by atoms with Gasteiger partial charge in [-0.3, -0.25) is 9.59 Å². The smallest absolute Gasteiger partial charge is 0.226 e. The molecule has 1 saturated heterocycles. The standard InChI is InChI=1S/C11H20N2O2/c1-3-4-7-13(2)11(15)9-5-6-12-10(14)8-9/h9H,3-8H2,1-2H3,(H,12,14). The molecule has 15 heavy (non-hydrogen) atoms. The van der Waals surface area contributed by atoms with Gasteiger partial charge in [0.25, 0.3) is 0 Å². The lowest BCUT2D eigenvalue weighted by atomic mass is 9.96. The van der Waals surface area contributed by atoms with E-state index in [-0.39, 0.29) is 17.7 Å². The number of unbranched alkanes of at least 4 members (excludes halogenated alkanes) is 1. The first-order valence-corrected chi connectivity index (χ1v) is 5.66. The van der Waals surface area contributed by atoms with Crippen molar-refractivity contribution in [3.05, 3.63) is 0 Å². The molecule has 4 nitrogen and oxygen atoms in total. The number of hydrogen-bond acceptors (Lipinski definition) is 2. The van der Waals surface area contributed by atoms with Crippen molar-refractivity contribution in [2.45, 2.75) is 32.6 Å². The SMILES string of the molecule is CCCCN(C)C(=O)C1CCNC(=O)C1. The average molecular weight is 212 g/mol. The highest BCUT2D eigenvalue weighted by molar-refractivity contribution is 5.86. The number of nitrogens with one attached hydrogen (secondary N) is 1. The molecule has 1 aliphatic heterocycles. The molecule has 1 unspecified atom stereocenters. The molecule has 0 bridgehead atoms. The molecule has 0 aromatic heterocycles. The molecular weight excluding hydrogens is 192 g/mol. The van der Waals surface area contributed by atoms with E-state index < -0.39 is 0 Å². The van der Waals surface area contributed by atoms with E-state index in [1.807, 2.05) is 7.05 Å². The van der Waals surface area contributed by atoms with Crippen LogP contribution in [0.1, 0.15) is 32.6 Å². The summed E-state index contributed by atoms with van der Waals surface area (Å²) < 4.78 is 0. The van der Waals surface area contributed by atoms with Crippen LogP contribution in [0.2, 0.25) is 0 Å². The lowest BCUT2D eigenvalue weighted by Crippen LogP contribution is -2.42. The maximum Gasteiger partial charge on any atom is 0.226 e. The molecule has 0 radical (unpaired) electrons. The highest BCUT2D eigenvalue weighted by Crippen LogP contribution is 2.15. The summed E-state index contributed by atoms with van der Waals surface area (Å²) in [5.41, 5.74) is 0. The van der Waals surface area contributed by atoms with Gasteiger partial charge >= 0.3 is 0 Å². The van der Waals surface area contributed by atoms with Crippen LogP contribution in [-0.2, 0) is 9.59 Å². The van der Waals surface area contributed by atoms with E-state index in [2.05, 4.69) is 12.2 Å². The molecule has 0 aromatic rings. The van der Waals surface area contributed by atoms with Crippen LogP contribution in [0.5, 0.6) is 0 Å². The number of hydrogen-bond donors (Lipinski definition) is 1. The van der Waals surface area contributed by atoms with E-state index in [1.165, 1.54) is 0 Å². The van der Waals surface area contributed by atoms with Gasteiger partial charge in [-0.2, -0.15) is 0 Å². The van der Waals surface area contributed by atoms with Crippen molar-refractivity contribution in [1.82, 2.24) is 10.2 Å². The molecule has 1 fully saturated rings. The van der Waals surface area contributed by atoms with Crippen molar-refractivity contribution in [2.24, 2.45) is 5.92 Å². The van der Waals surface area contributed by atoms with Crippen molar-refractivity contribution in [3.8, 4) is 0 Å². The van der Waals surface area contributed by atoms with Crippen molar-refractivity contribution < 1.29 is 9.59 Å². The number of nitrogens with zero attached hydrogens (tertiary/aromatic N) is 1. The number of piperidine rings is 1. The van der Waals surface area contributed by atoms with Crippen molar-refractivity contribution in [2.75, 3.05) is 20.1 Å². The van der Waals surface area contributed by atoms with Crippen molar-refractivity contribution >= 4 is 11.8 Å². The Labute approximate surface area is 91.0 Å². The maximum atomic E-state index is 11.9. The Balaban J connectivity index is 2.40. The largest absolute Gasteiger partial charge is 0.356 e. The Hall–Kier alpha value is -1.06. The predicted octanol–water partition coefficient (Wildman–Crippen LogP) is 0.771. The summed E-state index contributed by atoms with van der Waals surface area (Å²) in [5.74, 6) is 0.0300. The van der Waals surface area contributed by atoms with Crippen LogP contribution in [0.15, 0.2) is 0 Å². The molecule has 1 rings (SSSR count). The zero-order chi connectivity index (χ0) is 11.3. The summed E-state index contributed by atoms with van der Waals surface area (Å²) in [6.07, 6.45) is 3.25. The number of carbonyl (C=O) groups is 2. The second kappa shape index (κ2) is 5.73. The lowest BCUT2D eigenvalue weighted by Gasteiger charge is -2.26. The van der Waals surface area contributed by atoms with Crippen LogP contribution in [0.3, 0.4) is 0 Å². The molecule has 0 spiro atoms. The summed E-state index contributed by atoms with van der Waals surface area (Å²) in [6.45, 7) is 3.54. The van der Waals surface area contributed by atoms with Gasteiger partial charge in [0, 0.05) is 32.5 Å². The summed E-state index contributed by atoms with van der Waals surface area (Å²) in [5, 5.41) is 2.74. The third-order valence-electron chi connectivity index (χ3n) is 2.82. The van der Waals surface area contributed by atoms with E-state index in [9.17, 15) is 9.59 Å². The van der Waals surface area contributed by atoms with Gasteiger partial charge in [0.15, 0.2) is 0 Å². The van der Waals surface area contributed by atoms with E-state index in [4.69, 9.17) is 0 Å². The summed E-state index contributed by atoms with van der Waals surface area (Å²) in [6, 6.07) is 0. The maximum absolute atomic E-state index is 11.9. The molecule has 86 valence electrons. The highest BCUT2D eigenvalue weighted by Gasteiger charge is 2.27. The van der Waals surface area contributed by atoms with Crippen LogP contribution < -0.4 is 5.32 Å². The van der Waals surface area contributed by atoms with E-state index in [1.54, 1.807) is 4.90 Å². The van der Waals surface area contributed by atoms with Crippen LogP contribution in [-0.4, -0.2) is 36.9 Å². The summed E-state index contributed by atoms with van der Waals surface area (Å²) in [4.78, 5) is 24.8. The molecular formula is C11H20N2O2. The first-order chi connectivity index (χ1) is 7.15. The van der Waals surface area contributed by atoms with Crippen LogP contribution in [0.4, 0.5) is 0 Å². The zero-order valence-electron chi connectivity index (χ0n) is 9.58. The highest BCUT2D eigenvalue weighted by atomic mass is 16.2. The van der Waals surface area contributed by atoms with Gasteiger partial charge in [-0.15, -0.1) is 0 Å². The minimum atomic E-state index is -0.0967. The number of amides is 2. The molecule has 0 aromatic carbocycles. The second-order valence-electron chi connectivity index (χ2n) is 4.15. The van der Waals surface area contributed by atoms with Crippen LogP contribution in [0, 0.1) is 5.92 Å². The fourth-order valence-electron chi connectivity index (χ4n) is 1.81. The van der Waals surface area contributed by atoms with Gasteiger partial charge in [-0.1, -0.05) is 13.3 Å². The molecule has 0 saturated carbocycles. The molecule has 0 aliphatic carbocycles. The third-order valence-corrected chi connectivity index (χ3v) is 2.82. The molecule has 1 heterocycles. The minimum Gasteiger partial charge on any atom is -0.356 e. The topological polar surface area (TPSA) is 49.4 Å². The average Bonchev–Trinajstić information content (AvgIpc) is 2.24. The monoisotopic (exact) mass is 212 g/mol. The van der Waals surface area contributed by atoms with E-state index >= 15 is 0 Å². The summed E-state index contributed by atoms with van der Waals surface area (Å²) in [7, 11) is 1.82. The quantitative estimate of drug-likeness (QED) is 0.748. The fourth-order valence-corrected chi connectivity index (χ4v) is 1.81. The first kappa shape index (κ1) is 12.0. The first-order valence-electron chi connectivity index (χ1n) is 5.66. The van der Waals surface area contributed by atoms with Crippen LogP contribution >= 0.6 is 0 Å². The van der Waals surface area contributed by atoms with E-state index in [0.717, 1.165) is 25.8 Å². The van der Waals surface area contributed by atoms with Gasteiger partial charge in [-0.05, 0) is 12.8 Å². The third kappa shape index (κ3) is 3.53. The normalized spacial score (nSPS) is 20.9. The van der Waals surface area contributed by atoms with E-state index in [0.29, 0.717) is 13.0 Å². The van der Waals surface area contributed by atoms with Crippen LogP contribution in [0.25, 0.3) is 0 Å². The van der Waals surface area contributed by atoms with Gasteiger partial charge in [0.1, 0.15) is 0 Å². The van der Waals surface area contributed by atoms with Crippen molar-refractivity contribution in [1.29, 1.82) is 0 Å². The zero-order valence-corrected chi connectivity index (χ0v) is 9.58. The Bertz CT molecular complexity index is 241. The molecule has 2 amide bonds. The Morgan fingerprint density at radius 3 is 2.93 bits per heavy atom. The minimum absolute atomic E-state index is 0.00323. The van der Waals surface area contributed by atoms with Gasteiger partial charge < -0.3 is 10.2 Å². The molecule has 1 atom stereocenters. The predicted molar refractivity (Wildman–Crippen MR) is 58.3 cm³/mol. The summed E-state index contributed by atoms with van der Waals surface area (Å²) >= 11 is 0. The molecule has 4 heteroatoms. The Morgan fingerprint density at radius 2 is 2.33 bits per heavy atom. The second-order valence-corrected chi connectivity index (χ2v) is 4.15. The fraction of sp³-hybridized carbons (Fsp3) is 0.818. The van der Waals surface area contributed by atoms with Gasteiger partial charge in [-0.25, -0.2) is 0 Å². The molecule has 1 N–H and O–H groups in total. The lowest BCUT2D eigenvalue weighted by molar-refractivity contribution is -0.139. The number of carbonyl (C=O) groups excluding carboxylic acids is 2. The van der Waals surface area contributed by atoms with Gasteiger partial charge in [0.2, 0.25) is 11.8 Å². The number of rotatable bonds is 4. The molecule has 1 aliphatic rings. The Kier molecular flexibility index (Phi) is 4.59.